The Morgan fingerprint density at radius 1 is 1.11 bits per heavy atom. The maximum atomic E-state index is 13.5. The first-order chi connectivity index (χ1) is 8.92. The Morgan fingerprint density at radius 3 is 1.95 bits per heavy atom. The van der Waals surface area contributed by atoms with Crippen molar-refractivity contribution in [3.05, 3.63) is 0 Å². The number of rotatable bonds is 9. The lowest BCUT2D eigenvalue weighted by molar-refractivity contribution is -0.162. The van der Waals surface area contributed by atoms with E-state index >= 15 is 0 Å². The molecule has 6 nitrogen and oxygen atoms in total. The normalized spacial score (nSPS) is 12.0. The van der Waals surface area contributed by atoms with E-state index in [-0.39, 0.29) is 26.1 Å². The molecule has 0 saturated carbocycles. The quantitative estimate of drug-likeness (QED) is 0.505. The van der Waals surface area contributed by atoms with Crippen LogP contribution in [0.25, 0.3) is 0 Å². The first kappa shape index (κ1) is 17.3. The van der Waals surface area contributed by atoms with Gasteiger partial charge in [-0.3, -0.25) is 14.4 Å². The van der Waals surface area contributed by atoms with Crippen LogP contribution in [0.1, 0.15) is 33.1 Å². The molecule has 0 aromatic heterocycles. The lowest BCUT2D eigenvalue weighted by Crippen LogP contribution is -2.30. The van der Waals surface area contributed by atoms with Gasteiger partial charge < -0.3 is 14.6 Å². The zero-order chi connectivity index (χ0) is 14.8. The Balaban J connectivity index is 4.52. The molecular weight excluding hydrogens is 259 g/mol. The van der Waals surface area contributed by atoms with Gasteiger partial charge in [0, 0.05) is 12.8 Å². The number of alkyl halides is 1. The summed E-state index contributed by atoms with van der Waals surface area (Å²) in [4.78, 5) is 33.4. The van der Waals surface area contributed by atoms with Gasteiger partial charge in [0.15, 0.2) is 5.92 Å². The fraction of sp³-hybridized carbons (Fsp3) is 0.750. The molecule has 19 heavy (non-hydrogen) atoms. The van der Waals surface area contributed by atoms with Gasteiger partial charge in [-0.15, -0.1) is 0 Å². The molecule has 0 bridgehead atoms. The van der Waals surface area contributed by atoms with Crippen molar-refractivity contribution in [2.75, 3.05) is 13.2 Å². The SMILES string of the molecule is CCOC(=O)C(CC(F)CCC(=O)O)C(=O)OCC. The van der Waals surface area contributed by atoms with E-state index in [1.54, 1.807) is 13.8 Å². The zero-order valence-electron chi connectivity index (χ0n) is 11.1. The van der Waals surface area contributed by atoms with Crippen LogP contribution >= 0.6 is 0 Å². The van der Waals surface area contributed by atoms with Gasteiger partial charge in [-0.05, 0) is 20.3 Å². The second-order valence-corrected chi connectivity index (χ2v) is 3.82. The lowest BCUT2D eigenvalue weighted by atomic mass is 10.00. The number of hydrogen-bond acceptors (Lipinski definition) is 5. The molecule has 0 heterocycles. The number of carbonyl (C=O) groups is 3. The van der Waals surface area contributed by atoms with Crippen molar-refractivity contribution in [1.82, 2.24) is 0 Å². The molecule has 1 atom stereocenters. The van der Waals surface area contributed by atoms with Crippen molar-refractivity contribution in [2.45, 2.75) is 39.3 Å². The highest BCUT2D eigenvalue weighted by molar-refractivity contribution is 5.94. The van der Waals surface area contributed by atoms with Crippen molar-refractivity contribution in [3.63, 3.8) is 0 Å². The van der Waals surface area contributed by atoms with Gasteiger partial charge in [0.25, 0.3) is 0 Å². The van der Waals surface area contributed by atoms with Crippen molar-refractivity contribution in [3.8, 4) is 0 Å². The summed E-state index contributed by atoms with van der Waals surface area (Å²) in [6.45, 7) is 3.27. The van der Waals surface area contributed by atoms with Crippen LogP contribution in [0.5, 0.6) is 0 Å². The van der Waals surface area contributed by atoms with Gasteiger partial charge in [-0.25, -0.2) is 4.39 Å². The van der Waals surface area contributed by atoms with Crippen LogP contribution in [0, 0.1) is 5.92 Å². The Morgan fingerprint density at radius 2 is 1.58 bits per heavy atom. The molecule has 0 spiro atoms. The van der Waals surface area contributed by atoms with E-state index < -0.39 is 36.4 Å². The second-order valence-electron chi connectivity index (χ2n) is 3.82. The van der Waals surface area contributed by atoms with Gasteiger partial charge in [0.2, 0.25) is 0 Å². The molecule has 0 fully saturated rings. The number of hydrogen-bond donors (Lipinski definition) is 1. The van der Waals surface area contributed by atoms with E-state index in [0.717, 1.165) is 0 Å². The maximum Gasteiger partial charge on any atom is 0.320 e. The summed E-state index contributed by atoms with van der Waals surface area (Å²) in [6.07, 6.45) is -2.62. The van der Waals surface area contributed by atoms with Crippen LogP contribution in [-0.2, 0) is 23.9 Å². The Kier molecular flexibility index (Phi) is 8.48. The van der Waals surface area contributed by atoms with Crippen molar-refractivity contribution < 1.29 is 33.4 Å². The molecule has 110 valence electrons. The number of halogens is 1. The Hall–Kier alpha value is -1.66. The van der Waals surface area contributed by atoms with Gasteiger partial charge in [-0.1, -0.05) is 0 Å². The van der Waals surface area contributed by atoms with E-state index in [1.807, 2.05) is 0 Å². The Labute approximate surface area is 110 Å². The standard InChI is InChI=1S/C12H19FO6/c1-3-18-11(16)9(12(17)19-4-2)7-8(13)5-6-10(14)15/h8-9H,3-7H2,1-2H3,(H,14,15). The molecule has 0 aromatic rings. The van der Waals surface area contributed by atoms with Crippen LogP contribution in [0.3, 0.4) is 0 Å². The van der Waals surface area contributed by atoms with Crippen LogP contribution in [0.15, 0.2) is 0 Å². The predicted molar refractivity (Wildman–Crippen MR) is 63.1 cm³/mol. The van der Waals surface area contributed by atoms with Crippen LogP contribution in [-0.4, -0.2) is 42.4 Å². The topological polar surface area (TPSA) is 89.9 Å². The third kappa shape index (κ3) is 7.38. The van der Waals surface area contributed by atoms with E-state index in [2.05, 4.69) is 9.47 Å². The van der Waals surface area contributed by atoms with E-state index in [0.29, 0.717) is 0 Å². The molecule has 0 aliphatic rings. The minimum Gasteiger partial charge on any atom is -0.481 e. The molecular formula is C12H19FO6. The van der Waals surface area contributed by atoms with E-state index in [9.17, 15) is 18.8 Å². The van der Waals surface area contributed by atoms with Gasteiger partial charge >= 0.3 is 17.9 Å². The van der Waals surface area contributed by atoms with E-state index in [1.165, 1.54) is 0 Å². The third-order valence-electron chi connectivity index (χ3n) is 2.31. The molecule has 0 aliphatic heterocycles. The summed E-state index contributed by atoms with van der Waals surface area (Å²) < 4.78 is 22.9. The van der Waals surface area contributed by atoms with E-state index in [4.69, 9.17) is 5.11 Å². The van der Waals surface area contributed by atoms with Crippen LogP contribution < -0.4 is 0 Å². The average Bonchev–Trinajstić information content (AvgIpc) is 2.33. The molecule has 1 N–H and O–H groups in total. The monoisotopic (exact) mass is 278 g/mol. The summed E-state index contributed by atoms with van der Waals surface area (Å²) in [5, 5.41) is 8.43. The zero-order valence-corrected chi connectivity index (χ0v) is 11.1. The molecule has 0 saturated heterocycles. The summed E-state index contributed by atoms with van der Waals surface area (Å²) in [5.74, 6) is -4.17. The highest BCUT2D eigenvalue weighted by atomic mass is 19.1. The highest BCUT2D eigenvalue weighted by Crippen LogP contribution is 2.17. The predicted octanol–water partition coefficient (Wildman–Crippen LogP) is 1.32. The number of carboxylic acids is 1. The average molecular weight is 278 g/mol. The smallest absolute Gasteiger partial charge is 0.320 e. The number of aliphatic carboxylic acids is 1. The van der Waals surface area contributed by atoms with Crippen molar-refractivity contribution in [2.24, 2.45) is 5.92 Å². The molecule has 1 unspecified atom stereocenters. The summed E-state index contributed by atoms with van der Waals surface area (Å²) in [5.41, 5.74) is 0. The summed E-state index contributed by atoms with van der Waals surface area (Å²) in [6, 6.07) is 0. The highest BCUT2D eigenvalue weighted by Gasteiger charge is 2.32. The minimum atomic E-state index is -1.57. The number of esters is 2. The first-order valence-electron chi connectivity index (χ1n) is 6.11. The third-order valence-corrected chi connectivity index (χ3v) is 2.31. The number of ether oxygens (including phenoxy) is 2. The summed E-state index contributed by atoms with van der Waals surface area (Å²) in [7, 11) is 0. The molecule has 0 aromatic carbocycles. The number of carboxylic acid groups (broad SMARTS) is 1. The first-order valence-corrected chi connectivity index (χ1v) is 6.11. The summed E-state index contributed by atoms with van der Waals surface area (Å²) >= 11 is 0. The molecule has 7 heteroatoms. The molecule has 0 rings (SSSR count). The molecule has 0 radical (unpaired) electrons. The van der Waals surface area contributed by atoms with Crippen molar-refractivity contribution >= 4 is 17.9 Å². The fourth-order valence-corrected chi connectivity index (χ4v) is 1.43. The van der Waals surface area contributed by atoms with Gasteiger partial charge in [0.1, 0.15) is 6.17 Å². The number of carbonyl (C=O) groups excluding carboxylic acids is 2. The molecule has 0 amide bonds. The fourth-order valence-electron chi connectivity index (χ4n) is 1.43. The van der Waals surface area contributed by atoms with Crippen LogP contribution in [0.2, 0.25) is 0 Å². The Bertz CT molecular complexity index is 299. The van der Waals surface area contributed by atoms with Crippen LogP contribution in [0.4, 0.5) is 4.39 Å². The lowest BCUT2D eigenvalue weighted by Gasteiger charge is -2.16. The van der Waals surface area contributed by atoms with Gasteiger partial charge in [0.05, 0.1) is 13.2 Å². The minimum absolute atomic E-state index is 0.0703. The maximum absolute atomic E-state index is 13.5. The largest absolute Gasteiger partial charge is 0.481 e. The molecule has 0 aliphatic carbocycles. The van der Waals surface area contributed by atoms with Crippen molar-refractivity contribution in [1.29, 1.82) is 0 Å². The second kappa shape index (κ2) is 9.29. The van der Waals surface area contributed by atoms with Gasteiger partial charge in [-0.2, -0.15) is 0 Å².